The van der Waals surface area contributed by atoms with Crippen LogP contribution in [0.4, 0.5) is 4.79 Å². The van der Waals surface area contributed by atoms with Gasteiger partial charge in [-0.2, -0.15) is 0 Å². The van der Waals surface area contributed by atoms with Gasteiger partial charge in [0.15, 0.2) is 0 Å². The maximum atomic E-state index is 9.11. The van der Waals surface area contributed by atoms with E-state index in [9.17, 15) is 0 Å². The van der Waals surface area contributed by atoms with Gasteiger partial charge in [0.05, 0.1) is 0 Å². The molecule has 0 aliphatic heterocycles. The Morgan fingerprint density at radius 3 is 2.00 bits per heavy atom. The van der Waals surface area contributed by atoms with Crippen LogP contribution < -0.4 is 5.73 Å². The lowest BCUT2D eigenvalue weighted by molar-refractivity contribution is 0.256. The number of carbonyl (C=O) groups is 1. The van der Waals surface area contributed by atoms with Crippen LogP contribution in [-0.4, -0.2) is 6.03 Å². The minimum atomic E-state index is -1.18. The van der Waals surface area contributed by atoms with Crippen LogP contribution >= 0.6 is 0 Å². The number of carbonyl (C=O) groups excluding carboxylic acids is 1. The van der Waals surface area contributed by atoms with Crippen LogP contribution in [0.25, 0.3) is 0 Å². The smallest absolute Gasteiger partial charge is 0.347 e. The average molecular weight is 74.0 g/mol. The molecule has 2 amide bonds. The molecular formula is CH2N2O2. The van der Waals surface area contributed by atoms with Crippen molar-refractivity contribution in [3.8, 4) is 0 Å². The summed E-state index contributed by atoms with van der Waals surface area (Å²) in [6, 6.07) is -1.18. The molecule has 5 heavy (non-hydrogen) atoms. The van der Waals surface area contributed by atoms with Gasteiger partial charge in [0.2, 0.25) is 0 Å². The first kappa shape index (κ1) is 4.07. The highest BCUT2D eigenvalue weighted by Gasteiger charge is 1.77. The summed E-state index contributed by atoms with van der Waals surface area (Å²) in [5.74, 6) is 0. The number of nitroso groups, excluding NO2 is 1. The van der Waals surface area contributed by atoms with Crippen LogP contribution in [-0.2, 0) is 0 Å². The molecule has 28 valence electrons. The van der Waals surface area contributed by atoms with Crippen LogP contribution in [0.2, 0.25) is 0 Å². The van der Waals surface area contributed by atoms with Crippen LogP contribution in [0.15, 0.2) is 5.18 Å². The second kappa shape index (κ2) is 1.40. The lowest BCUT2D eigenvalue weighted by atomic mass is 11.2. The van der Waals surface area contributed by atoms with Gasteiger partial charge >= 0.3 is 6.03 Å². The van der Waals surface area contributed by atoms with E-state index in [4.69, 9.17) is 9.70 Å². The SMILES string of the molecule is NC(=O)N=O. The van der Waals surface area contributed by atoms with Gasteiger partial charge < -0.3 is 5.73 Å². The summed E-state index contributed by atoms with van der Waals surface area (Å²) in [4.78, 5) is 17.9. The monoisotopic (exact) mass is 74.0 g/mol. The molecule has 0 heterocycles. The summed E-state index contributed by atoms with van der Waals surface area (Å²) in [5, 5.41) is 1.78. The number of hydrogen-bond donors (Lipinski definition) is 1. The normalized spacial score (nSPS) is 6.40. The van der Waals surface area contributed by atoms with Crippen molar-refractivity contribution >= 4 is 6.03 Å². The Hall–Kier alpha value is -0.930. The van der Waals surface area contributed by atoms with Crippen LogP contribution in [0.3, 0.4) is 0 Å². The first-order valence-corrected chi connectivity index (χ1v) is 0.899. The fourth-order valence-electron chi connectivity index (χ4n) is 0. The second-order valence-electron chi connectivity index (χ2n) is 0.430. The molecule has 0 aliphatic carbocycles. The van der Waals surface area contributed by atoms with Crippen LogP contribution in [0, 0.1) is 4.91 Å². The van der Waals surface area contributed by atoms with E-state index < -0.39 is 6.03 Å². The Kier molecular flexibility index (Phi) is 1.14. The van der Waals surface area contributed by atoms with Crippen molar-refractivity contribution in [2.75, 3.05) is 0 Å². The van der Waals surface area contributed by atoms with E-state index in [1.165, 1.54) is 0 Å². The maximum Gasteiger partial charge on any atom is 0.376 e. The number of rotatable bonds is 0. The van der Waals surface area contributed by atoms with Crippen molar-refractivity contribution in [1.29, 1.82) is 0 Å². The topological polar surface area (TPSA) is 72.5 Å². The van der Waals surface area contributed by atoms with Gasteiger partial charge in [-0.25, -0.2) is 4.79 Å². The molecule has 0 atom stereocenters. The lowest BCUT2D eigenvalue weighted by Crippen LogP contribution is -2.01. The lowest BCUT2D eigenvalue weighted by Gasteiger charge is -1.59. The molecule has 0 aliphatic rings. The number of amides is 2. The quantitative estimate of drug-likeness (QED) is 0.405. The summed E-state index contributed by atoms with van der Waals surface area (Å²) in [5.41, 5.74) is 4.17. The van der Waals surface area contributed by atoms with Crippen LogP contribution in [0.1, 0.15) is 0 Å². The van der Waals surface area contributed by atoms with E-state index in [1.807, 2.05) is 0 Å². The van der Waals surface area contributed by atoms with Gasteiger partial charge in [-0.1, -0.05) is 0 Å². The number of hydrogen-bond acceptors (Lipinski definition) is 2. The van der Waals surface area contributed by atoms with Gasteiger partial charge in [-0.15, -0.1) is 4.91 Å². The molecule has 0 rings (SSSR count). The van der Waals surface area contributed by atoms with E-state index in [0.29, 0.717) is 0 Å². The molecule has 2 N–H and O–H groups in total. The van der Waals surface area contributed by atoms with Gasteiger partial charge in [0.25, 0.3) is 0 Å². The number of nitrogens with zero attached hydrogens (tertiary/aromatic N) is 1. The minimum absolute atomic E-state index is 1.18. The van der Waals surface area contributed by atoms with Crippen molar-refractivity contribution < 1.29 is 4.79 Å². The molecule has 0 saturated carbocycles. The number of nitrogens with two attached hydrogens (primary N) is 1. The van der Waals surface area contributed by atoms with Gasteiger partial charge in [-0.3, -0.25) is 0 Å². The zero-order valence-electron chi connectivity index (χ0n) is 2.34. The van der Waals surface area contributed by atoms with E-state index in [1.54, 1.807) is 5.18 Å². The Labute approximate surface area is 27.9 Å². The molecular weight excluding hydrogens is 72.0 g/mol. The van der Waals surface area contributed by atoms with Crippen molar-refractivity contribution in [2.45, 2.75) is 0 Å². The molecule has 0 aromatic heterocycles. The Balaban J connectivity index is 3.20. The Morgan fingerprint density at radius 2 is 2.00 bits per heavy atom. The van der Waals surface area contributed by atoms with Gasteiger partial charge in [0.1, 0.15) is 0 Å². The highest BCUT2D eigenvalue weighted by atomic mass is 16.3. The average Bonchev–Trinajstić information content (AvgIpc) is 1.38. The fourth-order valence-corrected chi connectivity index (χ4v) is 0. The summed E-state index contributed by atoms with van der Waals surface area (Å²) in [6.45, 7) is 0. The van der Waals surface area contributed by atoms with E-state index in [2.05, 4.69) is 5.73 Å². The number of primary amides is 1. The van der Waals surface area contributed by atoms with E-state index >= 15 is 0 Å². The van der Waals surface area contributed by atoms with Crippen LogP contribution in [0.5, 0.6) is 0 Å². The summed E-state index contributed by atoms with van der Waals surface area (Å²) in [7, 11) is 0. The van der Waals surface area contributed by atoms with Crippen molar-refractivity contribution in [1.82, 2.24) is 0 Å². The summed E-state index contributed by atoms with van der Waals surface area (Å²) >= 11 is 0. The Morgan fingerprint density at radius 1 is 1.80 bits per heavy atom. The summed E-state index contributed by atoms with van der Waals surface area (Å²) in [6.07, 6.45) is 0. The number of urea groups is 1. The molecule has 0 bridgehead atoms. The fraction of sp³-hybridized carbons (Fsp3) is 0. The minimum Gasteiger partial charge on any atom is -0.347 e. The zero-order valence-corrected chi connectivity index (χ0v) is 2.34. The second-order valence-corrected chi connectivity index (χ2v) is 0.430. The van der Waals surface area contributed by atoms with Crippen molar-refractivity contribution in [3.63, 3.8) is 0 Å². The molecule has 4 nitrogen and oxygen atoms in total. The third kappa shape index (κ3) is 3.07. The van der Waals surface area contributed by atoms with Gasteiger partial charge in [-0.05, 0) is 0 Å². The first-order chi connectivity index (χ1) is 2.27. The summed E-state index contributed by atoms with van der Waals surface area (Å²) < 4.78 is 0. The molecule has 0 unspecified atom stereocenters. The molecule has 0 aromatic carbocycles. The van der Waals surface area contributed by atoms with Gasteiger partial charge in [0, 0.05) is 5.18 Å². The highest BCUT2D eigenvalue weighted by Crippen LogP contribution is 1.55. The third-order valence-corrected chi connectivity index (χ3v) is 0.0900. The van der Waals surface area contributed by atoms with E-state index in [0.717, 1.165) is 0 Å². The standard InChI is InChI=1S/CH2N2O2/c2-1(4)3-5/h(H2,2,4). The Bertz CT molecular complexity index is 58.7. The molecule has 0 spiro atoms. The van der Waals surface area contributed by atoms with E-state index in [-0.39, 0.29) is 0 Å². The highest BCUT2D eigenvalue weighted by molar-refractivity contribution is 5.72. The molecule has 0 fully saturated rings. The zero-order chi connectivity index (χ0) is 4.28. The third-order valence-electron chi connectivity index (χ3n) is 0.0900. The predicted octanol–water partition coefficient (Wildman–Crippen LogP) is -0.168. The predicted molar refractivity (Wildman–Crippen MR) is 15.4 cm³/mol. The molecule has 0 radical (unpaired) electrons. The molecule has 4 heteroatoms. The van der Waals surface area contributed by atoms with Crippen molar-refractivity contribution in [2.24, 2.45) is 10.9 Å². The van der Waals surface area contributed by atoms with Crippen molar-refractivity contribution in [3.05, 3.63) is 4.91 Å². The molecule has 0 saturated heterocycles. The molecule has 0 aromatic rings. The largest absolute Gasteiger partial charge is 0.376 e. The maximum absolute atomic E-state index is 9.11. The first-order valence-electron chi connectivity index (χ1n) is 0.899.